The molecule has 1 aromatic carbocycles. The fourth-order valence-corrected chi connectivity index (χ4v) is 3.28. The van der Waals surface area contributed by atoms with Crippen molar-refractivity contribution in [1.29, 1.82) is 0 Å². The molecule has 2 aromatic heterocycles. The molecule has 3 aromatic rings. The first-order chi connectivity index (χ1) is 8.79. The summed E-state index contributed by atoms with van der Waals surface area (Å²) in [4.78, 5) is 4.68. The molecule has 18 heavy (non-hydrogen) atoms. The van der Waals surface area contributed by atoms with Crippen LogP contribution >= 0.6 is 11.3 Å². The monoisotopic (exact) mass is 256 g/mol. The number of hydrogen-bond acceptors (Lipinski definition) is 4. The zero-order valence-corrected chi connectivity index (χ0v) is 10.5. The van der Waals surface area contributed by atoms with Crippen LogP contribution in [0.1, 0.15) is 23.8 Å². The van der Waals surface area contributed by atoms with Gasteiger partial charge in [0.05, 0.1) is 20.9 Å². The van der Waals surface area contributed by atoms with E-state index in [2.05, 4.69) is 33.4 Å². The second kappa shape index (κ2) is 3.55. The molecule has 90 valence electrons. The van der Waals surface area contributed by atoms with Crippen molar-refractivity contribution >= 4 is 27.4 Å². The lowest BCUT2D eigenvalue weighted by Crippen LogP contribution is -1.81. The highest BCUT2D eigenvalue weighted by atomic mass is 32.1. The molecule has 1 aliphatic rings. The van der Waals surface area contributed by atoms with Gasteiger partial charge in [-0.15, -0.1) is 11.3 Å². The number of H-pyrrole nitrogens is 1. The van der Waals surface area contributed by atoms with Crippen molar-refractivity contribution in [3.8, 4) is 11.3 Å². The highest BCUT2D eigenvalue weighted by Crippen LogP contribution is 2.43. The Morgan fingerprint density at radius 3 is 2.89 bits per heavy atom. The molecule has 0 amide bonds. The lowest BCUT2D eigenvalue weighted by Gasteiger charge is -1.95. The molecular formula is C13H12N4S. The fraction of sp³-hybridized carbons (Fsp3) is 0.231. The van der Waals surface area contributed by atoms with E-state index in [4.69, 9.17) is 5.73 Å². The van der Waals surface area contributed by atoms with Gasteiger partial charge in [-0.25, -0.2) is 4.98 Å². The number of aromatic amines is 1. The Morgan fingerprint density at radius 2 is 2.17 bits per heavy atom. The summed E-state index contributed by atoms with van der Waals surface area (Å²) >= 11 is 1.81. The number of rotatable bonds is 2. The van der Waals surface area contributed by atoms with Crippen LogP contribution in [-0.2, 0) is 0 Å². The van der Waals surface area contributed by atoms with E-state index in [0.29, 0.717) is 11.7 Å². The average molecular weight is 256 g/mol. The van der Waals surface area contributed by atoms with Crippen LogP contribution in [-0.4, -0.2) is 15.2 Å². The van der Waals surface area contributed by atoms with E-state index in [1.54, 1.807) is 11.3 Å². The second-order valence-electron chi connectivity index (χ2n) is 4.72. The molecule has 4 nitrogen and oxygen atoms in total. The van der Waals surface area contributed by atoms with Crippen LogP contribution in [0, 0.1) is 0 Å². The maximum atomic E-state index is 5.63. The van der Waals surface area contributed by atoms with Gasteiger partial charge in [-0.1, -0.05) is 6.07 Å². The van der Waals surface area contributed by atoms with Crippen LogP contribution in [0.15, 0.2) is 24.3 Å². The number of fused-ring (bicyclic) bond motifs is 1. The number of nitrogens with one attached hydrogen (secondary N) is 1. The summed E-state index contributed by atoms with van der Waals surface area (Å²) in [6.07, 6.45) is 2.59. The first-order valence-corrected chi connectivity index (χ1v) is 6.83. The molecule has 2 heterocycles. The number of thiazole rings is 1. The maximum absolute atomic E-state index is 5.63. The van der Waals surface area contributed by atoms with Crippen LogP contribution in [0.5, 0.6) is 0 Å². The van der Waals surface area contributed by atoms with Crippen LogP contribution < -0.4 is 5.73 Å². The molecule has 0 spiro atoms. The number of hydrogen-bond donors (Lipinski definition) is 2. The van der Waals surface area contributed by atoms with Gasteiger partial charge in [0.25, 0.3) is 0 Å². The molecular weight excluding hydrogens is 244 g/mol. The van der Waals surface area contributed by atoms with E-state index in [0.717, 1.165) is 16.8 Å². The quantitative estimate of drug-likeness (QED) is 0.740. The van der Waals surface area contributed by atoms with E-state index in [1.807, 2.05) is 6.07 Å². The number of nitrogens with zero attached hydrogens (tertiary/aromatic N) is 2. The zero-order chi connectivity index (χ0) is 12.1. The minimum Gasteiger partial charge on any atom is -0.382 e. The topological polar surface area (TPSA) is 67.6 Å². The summed E-state index contributed by atoms with van der Waals surface area (Å²) in [7, 11) is 0. The predicted octanol–water partition coefficient (Wildman–Crippen LogP) is 3.15. The van der Waals surface area contributed by atoms with Crippen molar-refractivity contribution < 1.29 is 0 Å². The second-order valence-corrected chi connectivity index (χ2v) is 5.78. The normalized spacial score (nSPS) is 15.3. The largest absolute Gasteiger partial charge is 0.382 e. The lowest BCUT2D eigenvalue weighted by molar-refractivity contribution is 1.10. The SMILES string of the molecule is Nc1cc(-c2ccc3nc(C4CC4)sc3c2)[nH]n1. The summed E-state index contributed by atoms with van der Waals surface area (Å²) < 4.78 is 1.24. The first-order valence-electron chi connectivity index (χ1n) is 6.01. The Labute approximate surface area is 108 Å². The minimum atomic E-state index is 0.521. The standard InChI is InChI=1S/C13H12N4S/c14-12-6-10(16-17-12)8-3-4-9-11(5-8)18-13(15-9)7-1-2-7/h3-7H,1-2H2,(H3,14,16,17). The molecule has 3 N–H and O–H groups in total. The fourth-order valence-electron chi connectivity index (χ4n) is 2.10. The summed E-state index contributed by atoms with van der Waals surface area (Å²) in [5.41, 5.74) is 8.79. The summed E-state index contributed by atoms with van der Waals surface area (Å²) in [5, 5.41) is 8.18. The predicted molar refractivity (Wildman–Crippen MR) is 73.6 cm³/mol. The molecule has 4 rings (SSSR count). The van der Waals surface area contributed by atoms with Gasteiger partial charge >= 0.3 is 0 Å². The van der Waals surface area contributed by atoms with Crippen molar-refractivity contribution in [2.75, 3.05) is 5.73 Å². The van der Waals surface area contributed by atoms with E-state index in [-0.39, 0.29) is 0 Å². The maximum Gasteiger partial charge on any atom is 0.145 e. The molecule has 1 aliphatic carbocycles. The van der Waals surface area contributed by atoms with E-state index >= 15 is 0 Å². The third kappa shape index (κ3) is 1.59. The molecule has 0 bridgehead atoms. The molecule has 0 unspecified atom stereocenters. The summed E-state index contributed by atoms with van der Waals surface area (Å²) in [6.45, 7) is 0. The number of aromatic nitrogens is 3. The van der Waals surface area contributed by atoms with Gasteiger partial charge in [0.15, 0.2) is 0 Å². The highest BCUT2D eigenvalue weighted by molar-refractivity contribution is 7.18. The van der Waals surface area contributed by atoms with Gasteiger partial charge in [0.1, 0.15) is 5.82 Å². The Balaban J connectivity index is 1.82. The van der Waals surface area contributed by atoms with Crippen molar-refractivity contribution in [1.82, 2.24) is 15.2 Å². The molecule has 1 saturated carbocycles. The highest BCUT2D eigenvalue weighted by Gasteiger charge is 2.26. The molecule has 0 atom stereocenters. The number of benzene rings is 1. The van der Waals surface area contributed by atoms with Crippen LogP contribution in [0.25, 0.3) is 21.5 Å². The number of anilines is 1. The number of nitrogen functional groups attached to an aromatic ring is 1. The Kier molecular flexibility index (Phi) is 1.99. The summed E-state index contributed by atoms with van der Waals surface area (Å²) in [6, 6.07) is 8.14. The number of nitrogens with two attached hydrogens (primary N) is 1. The van der Waals surface area contributed by atoms with Gasteiger partial charge in [0.2, 0.25) is 0 Å². The molecule has 0 saturated heterocycles. The smallest absolute Gasteiger partial charge is 0.145 e. The zero-order valence-electron chi connectivity index (χ0n) is 9.68. The Bertz CT molecular complexity index is 724. The van der Waals surface area contributed by atoms with Gasteiger partial charge < -0.3 is 5.73 Å². The van der Waals surface area contributed by atoms with Gasteiger partial charge in [-0.05, 0) is 25.0 Å². The third-order valence-corrected chi connectivity index (χ3v) is 4.42. The van der Waals surface area contributed by atoms with Gasteiger partial charge in [-0.3, -0.25) is 5.10 Å². The minimum absolute atomic E-state index is 0.521. The van der Waals surface area contributed by atoms with Gasteiger partial charge in [0, 0.05) is 17.5 Å². The van der Waals surface area contributed by atoms with Crippen molar-refractivity contribution in [2.24, 2.45) is 0 Å². The van der Waals surface area contributed by atoms with Crippen LogP contribution in [0.3, 0.4) is 0 Å². The van der Waals surface area contributed by atoms with Crippen molar-refractivity contribution in [2.45, 2.75) is 18.8 Å². The molecule has 5 heteroatoms. The molecule has 0 aliphatic heterocycles. The van der Waals surface area contributed by atoms with E-state index in [1.165, 1.54) is 22.5 Å². The van der Waals surface area contributed by atoms with Crippen molar-refractivity contribution in [3.63, 3.8) is 0 Å². The van der Waals surface area contributed by atoms with Crippen LogP contribution in [0.2, 0.25) is 0 Å². The van der Waals surface area contributed by atoms with Crippen molar-refractivity contribution in [3.05, 3.63) is 29.3 Å². The molecule has 1 fully saturated rings. The van der Waals surface area contributed by atoms with Crippen LogP contribution in [0.4, 0.5) is 5.82 Å². The third-order valence-electron chi connectivity index (χ3n) is 3.24. The Morgan fingerprint density at radius 1 is 1.28 bits per heavy atom. The lowest BCUT2D eigenvalue weighted by atomic mass is 10.1. The summed E-state index contributed by atoms with van der Waals surface area (Å²) in [5.74, 6) is 1.24. The average Bonchev–Trinajstić information content (AvgIpc) is 2.99. The molecule has 0 radical (unpaired) electrons. The van der Waals surface area contributed by atoms with E-state index in [9.17, 15) is 0 Å². The van der Waals surface area contributed by atoms with E-state index < -0.39 is 0 Å². The Hall–Kier alpha value is -1.88. The first kappa shape index (κ1) is 10.1. The van der Waals surface area contributed by atoms with Gasteiger partial charge in [-0.2, -0.15) is 5.10 Å².